The molecule has 1 aromatic rings. The third-order valence-electron chi connectivity index (χ3n) is 2.39. The molecule has 0 aromatic heterocycles. The van der Waals surface area contributed by atoms with Gasteiger partial charge in [0.05, 0.1) is 11.6 Å². The van der Waals surface area contributed by atoms with Gasteiger partial charge in [-0.15, -0.1) is 0 Å². The summed E-state index contributed by atoms with van der Waals surface area (Å²) in [7, 11) is 0. The second kappa shape index (κ2) is 7.46. The number of rotatable bonds is 6. The average Bonchev–Trinajstić information content (AvgIpc) is 2.34. The third kappa shape index (κ3) is 5.46. The highest BCUT2D eigenvalue weighted by Gasteiger charge is 2.02. The quantitative estimate of drug-likeness (QED) is 0.748. The van der Waals surface area contributed by atoms with Crippen LogP contribution in [-0.4, -0.2) is 18.5 Å². The molecule has 0 aliphatic rings. The fourth-order valence-corrected chi connectivity index (χ4v) is 1.53. The molecule has 0 fully saturated rings. The summed E-state index contributed by atoms with van der Waals surface area (Å²) in [6.07, 6.45) is 0.481. The van der Waals surface area contributed by atoms with Crippen LogP contribution in [0.1, 0.15) is 31.4 Å². The molecular weight excluding hydrogens is 226 g/mol. The van der Waals surface area contributed by atoms with Crippen molar-refractivity contribution in [2.24, 2.45) is 0 Å². The number of carbonyl (C=O) groups excluding carboxylic acids is 1. The molecule has 18 heavy (non-hydrogen) atoms. The van der Waals surface area contributed by atoms with Crippen LogP contribution >= 0.6 is 0 Å². The summed E-state index contributed by atoms with van der Waals surface area (Å²) in [5.41, 5.74) is 1.77. The van der Waals surface area contributed by atoms with Gasteiger partial charge in [0.1, 0.15) is 0 Å². The number of hydrogen-bond donors (Lipinski definition) is 2. The Morgan fingerprint density at radius 1 is 1.33 bits per heavy atom. The Bertz CT molecular complexity index is 418. The van der Waals surface area contributed by atoms with Crippen molar-refractivity contribution >= 4 is 5.91 Å². The Hall–Kier alpha value is -1.86. The van der Waals surface area contributed by atoms with Crippen molar-refractivity contribution < 1.29 is 4.79 Å². The van der Waals surface area contributed by atoms with Gasteiger partial charge in [-0.2, -0.15) is 5.26 Å². The first-order valence-electron chi connectivity index (χ1n) is 6.11. The van der Waals surface area contributed by atoms with E-state index < -0.39 is 0 Å². The molecule has 4 heteroatoms. The summed E-state index contributed by atoms with van der Waals surface area (Å²) in [4.78, 5) is 11.4. The van der Waals surface area contributed by atoms with Crippen molar-refractivity contribution in [1.82, 2.24) is 10.6 Å². The number of hydrogen-bond acceptors (Lipinski definition) is 3. The van der Waals surface area contributed by atoms with Gasteiger partial charge in [-0.1, -0.05) is 12.1 Å². The van der Waals surface area contributed by atoms with Crippen LogP contribution in [0.4, 0.5) is 0 Å². The molecule has 0 aliphatic carbocycles. The average molecular weight is 245 g/mol. The second-order valence-corrected chi connectivity index (χ2v) is 4.46. The normalized spacial score (nSPS) is 10.1. The van der Waals surface area contributed by atoms with E-state index in [2.05, 4.69) is 16.7 Å². The summed E-state index contributed by atoms with van der Waals surface area (Å²) in [5.74, 6) is 0.0670. The predicted octanol–water partition coefficient (Wildman–Crippen LogP) is 1.56. The molecule has 1 rings (SSSR count). The van der Waals surface area contributed by atoms with Gasteiger partial charge in [0.15, 0.2) is 0 Å². The van der Waals surface area contributed by atoms with E-state index >= 15 is 0 Å². The van der Waals surface area contributed by atoms with Gasteiger partial charge in [0.2, 0.25) is 5.91 Å². The number of amides is 1. The van der Waals surface area contributed by atoms with Gasteiger partial charge in [-0.25, -0.2) is 0 Å². The van der Waals surface area contributed by atoms with E-state index in [1.165, 1.54) is 0 Å². The van der Waals surface area contributed by atoms with E-state index in [0.717, 1.165) is 5.56 Å². The van der Waals surface area contributed by atoms with Gasteiger partial charge in [0.25, 0.3) is 0 Å². The van der Waals surface area contributed by atoms with Gasteiger partial charge >= 0.3 is 0 Å². The molecule has 4 nitrogen and oxygen atoms in total. The molecular formula is C14H19N3O. The van der Waals surface area contributed by atoms with Crippen LogP contribution in [0.5, 0.6) is 0 Å². The highest BCUT2D eigenvalue weighted by atomic mass is 16.1. The SMILES string of the molecule is CC(C)NC(=O)CCNCc1ccc(C#N)cc1. The second-order valence-electron chi connectivity index (χ2n) is 4.46. The summed E-state index contributed by atoms with van der Waals surface area (Å²) in [6, 6.07) is 9.69. The van der Waals surface area contributed by atoms with Crippen LogP contribution in [0.2, 0.25) is 0 Å². The van der Waals surface area contributed by atoms with Crippen LogP contribution in [0.25, 0.3) is 0 Å². The molecule has 0 saturated carbocycles. The molecule has 1 aromatic carbocycles. The first kappa shape index (κ1) is 14.2. The highest BCUT2D eigenvalue weighted by Crippen LogP contribution is 2.02. The van der Waals surface area contributed by atoms with Crippen molar-refractivity contribution in [3.63, 3.8) is 0 Å². The van der Waals surface area contributed by atoms with Crippen LogP contribution in [0.3, 0.4) is 0 Å². The maximum absolute atomic E-state index is 11.4. The van der Waals surface area contributed by atoms with E-state index in [-0.39, 0.29) is 11.9 Å². The van der Waals surface area contributed by atoms with Crippen molar-refractivity contribution in [3.05, 3.63) is 35.4 Å². The Kier molecular flexibility index (Phi) is 5.89. The largest absolute Gasteiger partial charge is 0.354 e. The number of nitriles is 1. The van der Waals surface area contributed by atoms with Crippen molar-refractivity contribution in [3.8, 4) is 6.07 Å². The van der Waals surface area contributed by atoms with Gasteiger partial charge in [0, 0.05) is 25.6 Å². The summed E-state index contributed by atoms with van der Waals surface area (Å²) in [6.45, 7) is 5.25. The minimum Gasteiger partial charge on any atom is -0.354 e. The lowest BCUT2D eigenvalue weighted by Crippen LogP contribution is -2.32. The van der Waals surface area contributed by atoms with Crippen molar-refractivity contribution in [2.75, 3.05) is 6.54 Å². The zero-order valence-electron chi connectivity index (χ0n) is 10.9. The summed E-state index contributed by atoms with van der Waals surface area (Å²) < 4.78 is 0. The van der Waals surface area contributed by atoms with Gasteiger partial charge < -0.3 is 10.6 Å². The molecule has 1 amide bonds. The Morgan fingerprint density at radius 2 is 2.00 bits per heavy atom. The van der Waals surface area contributed by atoms with Crippen molar-refractivity contribution in [2.45, 2.75) is 32.9 Å². The van der Waals surface area contributed by atoms with Crippen LogP contribution in [0, 0.1) is 11.3 Å². The molecule has 0 spiro atoms. The number of nitrogens with zero attached hydrogens (tertiary/aromatic N) is 1. The monoisotopic (exact) mass is 245 g/mol. The highest BCUT2D eigenvalue weighted by molar-refractivity contribution is 5.76. The lowest BCUT2D eigenvalue weighted by molar-refractivity contribution is -0.121. The zero-order valence-corrected chi connectivity index (χ0v) is 10.9. The van der Waals surface area contributed by atoms with Gasteiger partial charge in [-0.05, 0) is 31.5 Å². The first-order valence-corrected chi connectivity index (χ1v) is 6.11. The smallest absolute Gasteiger partial charge is 0.221 e. The summed E-state index contributed by atoms with van der Waals surface area (Å²) in [5, 5.41) is 14.7. The minimum atomic E-state index is 0.0670. The first-order chi connectivity index (χ1) is 8.61. The van der Waals surface area contributed by atoms with E-state index in [9.17, 15) is 4.79 Å². The Labute approximate surface area is 108 Å². The summed E-state index contributed by atoms with van der Waals surface area (Å²) >= 11 is 0. The molecule has 0 atom stereocenters. The van der Waals surface area contributed by atoms with E-state index in [1.807, 2.05) is 26.0 Å². The Morgan fingerprint density at radius 3 is 2.56 bits per heavy atom. The fraction of sp³-hybridized carbons (Fsp3) is 0.429. The molecule has 0 heterocycles. The van der Waals surface area contributed by atoms with Crippen LogP contribution in [-0.2, 0) is 11.3 Å². The van der Waals surface area contributed by atoms with Gasteiger partial charge in [-0.3, -0.25) is 4.79 Å². The zero-order chi connectivity index (χ0) is 13.4. The van der Waals surface area contributed by atoms with Crippen LogP contribution in [0.15, 0.2) is 24.3 Å². The van der Waals surface area contributed by atoms with E-state index in [1.54, 1.807) is 12.1 Å². The molecule has 0 saturated heterocycles. The molecule has 96 valence electrons. The lowest BCUT2D eigenvalue weighted by atomic mass is 10.1. The van der Waals surface area contributed by atoms with Crippen LogP contribution < -0.4 is 10.6 Å². The maximum atomic E-state index is 11.4. The Balaban J connectivity index is 2.21. The predicted molar refractivity (Wildman–Crippen MR) is 70.8 cm³/mol. The third-order valence-corrected chi connectivity index (χ3v) is 2.39. The standard InChI is InChI=1S/C14H19N3O/c1-11(2)17-14(18)7-8-16-10-13-5-3-12(9-15)4-6-13/h3-6,11,16H,7-8,10H2,1-2H3,(H,17,18). The minimum absolute atomic E-state index is 0.0670. The molecule has 0 unspecified atom stereocenters. The number of benzene rings is 1. The number of carbonyl (C=O) groups is 1. The fourth-order valence-electron chi connectivity index (χ4n) is 1.53. The topological polar surface area (TPSA) is 64.9 Å². The molecule has 0 bridgehead atoms. The van der Waals surface area contributed by atoms with Crippen molar-refractivity contribution in [1.29, 1.82) is 5.26 Å². The molecule has 0 aliphatic heterocycles. The molecule has 2 N–H and O–H groups in total. The maximum Gasteiger partial charge on any atom is 0.221 e. The van der Waals surface area contributed by atoms with E-state index in [4.69, 9.17) is 5.26 Å². The number of nitrogens with one attached hydrogen (secondary N) is 2. The van der Waals surface area contributed by atoms with E-state index in [0.29, 0.717) is 25.1 Å². The lowest BCUT2D eigenvalue weighted by Gasteiger charge is -2.08. The molecule has 0 radical (unpaired) electrons.